The molecule has 1 aliphatic rings. The van der Waals surface area contributed by atoms with Crippen molar-refractivity contribution >= 4 is 45.0 Å². The average Bonchev–Trinajstić information content (AvgIpc) is 2.73. The summed E-state index contributed by atoms with van der Waals surface area (Å²) >= 11 is 4.01. The number of amidine groups is 1. The van der Waals surface area contributed by atoms with Gasteiger partial charge in [-0.05, 0) is 6.07 Å². The normalized spacial score (nSPS) is 18.0. The molecule has 1 heterocycles. The lowest BCUT2D eigenvalue weighted by atomic mass is 10.1. The molecule has 1 aromatic rings. The van der Waals surface area contributed by atoms with E-state index in [1.165, 1.54) is 18.2 Å². The molecular formula is C11H7BrF3N3OS. The van der Waals surface area contributed by atoms with Gasteiger partial charge in [0, 0.05) is 10.0 Å². The number of benzene rings is 1. The van der Waals surface area contributed by atoms with Crippen molar-refractivity contribution in [2.45, 2.75) is 6.18 Å². The maximum Gasteiger partial charge on any atom is 0.418 e. The van der Waals surface area contributed by atoms with Crippen LogP contribution in [0.15, 0.2) is 32.9 Å². The first kappa shape index (κ1) is 15.0. The molecule has 106 valence electrons. The third-order valence-corrected chi connectivity index (χ3v) is 3.79. The summed E-state index contributed by atoms with van der Waals surface area (Å²) in [7, 11) is 0. The second-order valence-corrected chi connectivity index (χ2v) is 5.51. The molecule has 0 unspecified atom stereocenters. The van der Waals surface area contributed by atoms with Crippen LogP contribution in [0.5, 0.6) is 0 Å². The number of hydrogen-bond acceptors (Lipinski definition) is 4. The molecule has 20 heavy (non-hydrogen) atoms. The summed E-state index contributed by atoms with van der Waals surface area (Å²) in [5.74, 6) is 0.0290. The Bertz CT molecular complexity index is 601. The quantitative estimate of drug-likeness (QED) is 0.646. The van der Waals surface area contributed by atoms with E-state index in [-0.39, 0.29) is 26.9 Å². The van der Waals surface area contributed by atoms with Crippen molar-refractivity contribution in [3.05, 3.63) is 33.8 Å². The van der Waals surface area contributed by atoms with Gasteiger partial charge in [-0.1, -0.05) is 39.8 Å². The second kappa shape index (κ2) is 5.96. The molecule has 9 heteroatoms. The summed E-state index contributed by atoms with van der Waals surface area (Å²) in [6, 6.07) is 4.07. The van der Waals surface area contributed by atoms with E-state index in [9.17, 15) is 18.0 Å². The molecule has 0 aromatic heterocycles. The van der Waals surface area contributed by atoms with Crippen LogP contribution in [0, 0.1) is 0 Å². The summed E-state index contributed by atoms with van der Waals surface area (Å²) in [6.45, 7) is 0. The Hall–Kier alpha value is -1.35. The zero-order chi connectivity index (χ0) is 14.8. The molecular weight excluding hydrogens is 359 g/mol. The number of thioether (sulfide) groups is 1. The number of alkyl halides is 3. The summed E-state index contributed by atoms with van der Waals surface area (Å²) in [5, 5.41) is 9.93. The molecule has 1 saturated heterocycles. The largest absolute Gasteiger partial charge is 0.418 e. The Kier molecular flexibility index (Phi) is 4.48. The SMILES string of the molecule is O=C1CSC(=NN=Cc2cccc(Br)c2C(F)(F)F)N1. The maximum atomic E-state index is 12.9. The highest BCUT2D eigenvalue weighted by Crippen LogP contribution is 2.36. The molecule has 1 N–H and O–H groups in total. The zero-order valence-corrected chi connectivity index (χ0v) is 12.1. The van der Waals surface area contributed by atoms with E-state index >= 15 is 0 Å². The van der Waals surface area contributed by atoms with Crippen LogP contribution in [0.4, 0.5) is 13.2 Å². The lowest BCUT2D eigenvalue weighted by Gasteiger charge is -2.11. The topological polar surface area (TPSA) is 53.8 Å². The number of amides is 1. The molecule has 0 aliphatic carbocycles. The van der Waals surface area contributed by atoms with Crippen LogP contribution >= 0.6 is 27.7 Å². The Morgan fingerprint density at radius 3 is 2.75 bits per heavy atom. The molecule has 0 atom stereocenters. The first-order chi connectivity index (χ1) is 9.38. The molecule has 2 rings (SSSR count). The van der Waals surface area contributed by atoms with Crippen LogP contribution in [-0.4, -0.2) is 23.0 Å². The fraction of sp³-hybridized carbons (Fsp3) is 0.182. The van der Waals surface area contributed by atoms with Gasteiger partial charge in [0.25, 0.3) is 0 Å². The van der Waals surface area contributed by atoms with Gasteiger partial charge in [0.15, 0.2) is 5.17 Å². The van der Waals surface area contributed by atoms with Crippen molar-refractivity contribution in [2.75, 3.05) is 5.75 Å². The Morgan fingerprint density at radius 2 is 2.15 bits per heavy atom. The van der Waals surface area contributed by atoms with Crippen LogP contribution in [-0.2, 0) is 11.0 Å². The number of carbonyl (C=O) groups excluding carboxylic acids is 1. The summed E-state index contributed by atoms with van der Waals surface area (Å²) in [4.78, 5) is 10.9. The van der Waals surface area contributed by atoms with Gasteiger partial charge in [-0.2, -0.15) is 18.3 Å². The van der Waals surface area contributed by atoms with E-state index in [1.807, 2.05) is 0 Å². The van der Waals surface area contributed by atoms with Crippen LogP contribution in [0.3, 0.4) is 0 Å². The molecule has 1 fully saturated rings. The van der Waals surface area contributed by atoms with Crippen LogP contribution in [0.2, 0.25) is 0 Å². The van der Waals surface area contributed by atoms with Crippen LogP contribution in [0.25, 0.3) is 0 Å². The predicted molar refractivity (Wildman–Crippen MR) is 74.8 cm³/mol. The molecule has 0 radical (unpaired) electrons. The van der Waals surface area contributed by atoms with Gasteiger partial charge < -0.3 is 5.32 Å². The number of nitrogens with zero attached hydrogens (tertiary/aromatic N) is 2. The van der Waals surface area contributed by atoms with Gasteiger partial charge in [0.05, 0.1) is 17.5 Å². The standard InChI is InChI=1S/C11H7BrF3N3OS/c12-7-3-1-2-6(9(7)11(13,14)15)4-16-18-10-17-8(19)5-20-10/h1-4H,5H2,(H,17,18,19). The highest BCUT2D eigenvalue weighted by atomic mass is 79.9. The van der Waals surface area contributed by atoms with Gasteiger partial charge >= 0.3 is 6.18 Å². The zero-order valence-electron chi connectivity index (χ0n) is 9.74. The van der Waals surface area contributed by atoms with Crippen molar-refractivity contribution in [1.82, 2.24) is 5.32 Å². The third-order valence-electron chi connectivity index (χ3n) is 2.26. The van der Waals surface area contributed by atoms with Crippen molar-refractivity contribution in [1.29, 1.82) is 0 Å². The van der Waals surface area contributed by atoms with E-state index in [2.05, 4.69) is 31.4 Å². The molecule has 0 saturated carbocycles. The van der Waals surface area contributed by atoms with Crippen LogP contribution in [0.1, 0.15) is 11.1 Å². The Balaban J connectivity index is 2.26. The highest BCUT2D eigenvalue weighted by Gasteiger charge is 2.35. The van der Waals surface area contributed by atoms with Gasteiger partial charge in [-0.25, -0.2) is 0 Å². The highest BCUT2D eigenvalue weighted by molar-refractivity contribution is 9.10. The molecule has 1 aromatic carbocycles. The molecule has 4 nitrogen and oxygen atoms in total. The van der Waals surface area contributed by atoms with E-state index in [0.29, 0.717) is 0 Å². The van der Waals surface area contributed by atoms with Gasteiger partial charge in [0.1, 0.15) is 0 Å². The monoisotopic (exact) mass is 365 g/mol. The lowest BCUT2D eigenvalue weighted by molar-refractivity contribution is -0.138. The molecule has 1 aliphatic heterocycles. The number of carbonyl (C=O) groups is 1. The second-order valence-electron chi connectivity index (χ2n) is 3.69. The Morgan fingerprint density at radius 1 is 1.40 bits per heavy atom. The third kappa shape index (κ3) is 3.60. The number of halogens is 4. The average molecular weight is 366 g/mol. The summed E-state index contributed by atoms with van der Waals surface area (Å²) < 4.78 is 38.6. The molecule has 0 spiro atoms. The van der Waals surface area contributed by atoms with Crippen molar-refractivity contribution in [3.8, 4) is 0 Å². The lowest BCUT2D eigenvalue weighted by Crippen LogP contribution is -2.19. The first-order valence-electron chi connectivity index (χ1n) is 5.27. The number of hydrogen-bond donors (Lipinski definition) is 1. The summed E-state index contributed by atoms with van der Waals surface area (Å²) in [6.07, 6.45) is -3.49. The number of rotatable bonds is 2. The fourth-order valence-corrected chi connectivity index (χ4v) is 2.71. The van der Waals surface area contributed by atoms with Gasteiger partial charge in [-0.15, -0.1) is 5.10 Å². The van der Waals surface area contributed by atoms with E-state index < -0.39 is 11.7 Å². The predicted octanol–water partition coefficient (Wildman–Crippen LogP) is 3.02. The summed E-state index contributed by atoms with van der Waals surface area (Å²) in [5.41, 5.74) is -0.919. The minimum absolute atomic E-state index is 0.0647. The van der Waals surface area contributed by atoms with Crippen molar-refractivity contribution < 1.29 is 18.0 Å². The minimum Gasteiger partial charge on any atom is -0.303 e. The number of nitrogens with one attached hydrogen (secondary N) is 1. The van der Waals surface area contributed by atoms with E-state index in [4.69, 9.17) is 0 Å². The Labute approximate surface area is 124 Å². The fourth-order valence-electron chi connectivity index (χ4n) is 1.47. The molecule has 0 bridgehead atoms. The first-order valence-corrected chi connectivity index (χ1v) is 7.05. The van der Waals surface area contributed by atoms with Gasteiger partial charge in [-0.3, -0.25) is 4.79 Å². The molecule has 1 amide bonds. The van der Waals surface area contributed by atoms with Crippen molar-refractivity contribution in [2.24, 2.45) is 10.2 Å². The van der Waals surface area contributed by atoms with Crippen LogP contribution < -0.4 is 5.32 Å². The van der Waals surface area contributed by atoms with E-state index in [1.54, 1.807) is 0 Å². The maximum absolute atomic E-state index is 12.9. The smallest absolute Gasteiger partial charge is 0.303 e. The van der Waals surface area contributed by atoms with Gasteiger partial charge in [0.2, 0.25) is 5.91 Å². The van der Waals surface area contributed by atoms with Crippen molar-refractivity contribution in [3.63, 3.8) is 0 Å². The minimum atomic E-state index is -4.50. The van der Waals surface area contributed by atoms with E-state index in [0.717, 1.165) is 18.0 Å².